The molecule has 0 aliphatic rings. The number of alkyl halides is 3. The second kappa shape index (κ2) is 10.5. The van der Waals surface area contributed by atoms with Crippen LogP contribution in [0.15, 0.2) is 60.9 Å². The lowest BCUT2D eigenvalue weighted by atomic mass is 9.94. The molecular weight excluding hydrogens is 522 g/mol. The van der Waals surface area contributed by atoms with Crippen LogP contribution in [0.3, 0.4) is 0 Å². The molecule has 1 aromatic heterocycles. The second-order valence-corrected chi connectivity index (χ2v) is 9.26. The fourth-order valence-corrected chi connectivity index (χ4v) is 4.27. The average molecular weight is 547 g/mol. The molecule has 0 saturated carbocycles. The van der Waals surface area contributed by atoms with E-state index in [0.717, 1.165) is 18.2 Å². The molecule has 0 bridgehead atoms. The average Bonchev–Trinajstić information content (AvgIpc) is 3.18. The van der Waals surface area contributed by atoms with Gasteiger partial charge < -0.3 is 14.5 Å². The van der Waals surface area contributed by atoms with E-state index in [1.807, 2.05) is 0 Å². The van der Waals surface area contributed by atoms with Gasteiger partial charge in [0.25, 0.3) is 5.91 Å². The van der Waals surface area contributed by atoms with Crippen LogP contribution in [0.5, 0.6) is 0 Å². The van der Waals surface area contributed by atoms with Crippen molar-refractivity contribution >= 4 is 5.91 Å². The van der Waals surface area contributed by atoms with Crippen LogP contribution in [0.25, 0.3) is 11.1 Å². The Bertz CT molecular complexity index is 1620. The minimum atomic E-state index is -5.00. The molecule has 0 aliphatic carbocycles. The molecular formula is C28H24F6N4O. The third kappa shape index (κ3) is 5.76. The van der Waals surface area contributed by atoms with Gasteiger partial charge in [0.2, 0.25) is 5.62 Å². The van der Waals surface area contributed by atoms with Gasteiger partial charge in [-0.25, -0.2) is 13.2 Å². The number of benzene rings is 3. The first kappa shape index (κ1) is 27.7. The van der Waals surface area contributed by atoms with E-state index in [2.05, 4.69) is 5.32 Å². The van der Waals surface area contributed by atoms with Crippen LogP contribution in [-0.2, 0) is 19.8 Å². The molecule has 39 heavy (non-hydrogen) atoms. The summed E-state index contributed by atoms with van der Waals surface area (Å²) in [5.41, 5.74) is -1.93. The van der Waals surface area contributed by atoms with Crippen LogP contribution in [0, 0.1) is 29.8 Å². The first-order valence-electron chi connectivity index (χ1n) is 11.8. The lowest BCUT2D eigenvalue weighted by molar-refractivity contribution is -0.137. The van der Waals surface area contributed by atoms with E-state index in [0.29, 0.717) is 11.1 Å². The Morgan fingerprint density at radius 1 is 1.00 bits per heavy atom. The number of imidazole rings is 1. The summed E-state index contributed by atoms with van der Waals surface area (Å²) >= 11 is 0. The number of carbonyl (C=O) groups is 1. The van der Waals surface area contributed by atoms with Crippen LogP contribution < -0.4 is 10.9 Å². The van der Waals surface area contributed by atoms with Gasteiger partial charge in [0, 0.05) is 25.0 Å². The molecule has 11 heteroatoms. The molecule has 2 N–H and O–H groups in total. The van der Waals surface area contributed by atoms with E-state index >= 15 is 4.39 Å². The summed E-state index contributed by atoms with van der Waals surface area (Å²) in [6, 6.07) is 7.75. The van der Waals surface area contributed by atoms with Crippen LogP contribution in [0.2, 0.25) is 0 Å². The van der Waals surface area contributed by atoms with Gasteiger partial charge in [0.05, 0.1) is 23.7 Å². The normalized spacial score (nSPS) is 12.4. The number of nitrogens with zero attached hydrogens (tertiary/aromatic N) is 2. The molecule has 0 unspecified atom stereocenters. The molecule has 3 aromatic carbocycles. The maximum Gasteiger partial charge on any atom is 0.417 e. The number of rotatable bonds is 6. The number of carbonyl (C=O) groups excluding carboxylic acids is 1. The van der Waals surface area contributed by atoms with Crippen molar-refractivity contribution < 1.29 is 31.1 Å². The highest BCUT2D eigenvalue weighted by Crippen LogP contribution is 2.39. The van der Waals surface area contributed by atoms with E-state index in [9.17, 15) is 26.7 Å². The van der Waals surface area contributed by atoms with E-state index in [-0.39, 0.29) is 23.8 Å². The molecule has 0 radical (unpaired) electrons. The van der Waals surface area contributed by atoms with Crippen molar-refractivity contribution in [3.8, 4) is 11.1 Å². The molecule has 4 aromatic rings. The first-order valence-corrected chi connectivity index (χ1v) is 11.8. The highest BCUT2D eigenvalue weighted by molar-refractivity contribution is 5.96. The maximum atomic E-state index is 15.8. The predicted molar refractivity (Wildman–Crippen MR) is 132 cm³/mol. The smallest absolute Gasteiger partial charge is 0.345 e. The van der Waals surface area contributed by atoms with Gasteiger partial charge in [0.15, 0.2) is 0 Å². The van der Waals surface area contributed by atoms with E-state index < -0.39 is 57.8 Å². The summed E-state index contributed by atoms with van der Waals surface area (Å²) in [5.74, 6) is -3.72. The minimum absolute atomic E-state index is 0.0531. The van der Waals surface area contributed by atoms with Crippen molar-refractivity contribution in [3.63, 3.8) is 0 Å². The summed E-state index contributed by atoms with van der Waals surface area (Å²) in [6.45, 7) is 3.09. The quantitative estimate of drug-likeness (QED) is 0.276. The molecule has 1 heterocycles. The Labute approximate surface area is 219 Å². The van der Waals surface area contributed by atoms with Crippen LogP contribution >= 0.6 is 0 Å². The molecule has 1 amide bonds. The fourth-order valence-electron chi connectivity index (χ4n) is 4.27. The van der Waals surface area contributed by atoms with E-state index in [4.69, 9.17) is 5.41 Å². The largest absolute Gasteiger partial charge is 0.417 e. The van der Waals surface area contributed by atoms with Crippen LogP contribution in [0.4, 0.5) is 26.3 Å². The highest BCUT2D eigenvalue weighted by atomic mass is 19.4. The molecule has 1 atom stereocenters. The summed E-state index contributed by atoms with van der Waals surface area (Å²) in [6.07, 6.45) is -1.85. The second-order valence-electron chi connectivity index (χ2n) is 9.26. The summed E-state index contributed by atoms with van der Waals surface area (Å²) in [5, 5.41) is 10.7. The summed E-state index contributed by atoms with van der Waals surface area (Å²) in [4.78, 5) is 13.2. The number of nitrogens with one attached hydrogen (secondary N) is 2. The van der Waals surface area contributed by atoms with Crippen LogP contribution in [0.1, 0.15) is 45.6 Å². The van der Waals surface area contributed by atoms with Gasteiger partial charge in [-0.15, -0.1) is 0 Å². The Balaban J connectivity index is 1.83. The lowest BCUT2D eigenvalue weighted by Crippen LogP contribution is -2.28. The van der Waals surface area contributed by atoms with Gasteiger partial charge in [0.1, 0.15) is 17.5 Å². The molecule has 204 valence electrons. The number of hydrogen-bond acceptors (Lipinski definition) is 2. The van der Waals surface area contributed by atoms with Gasteiger partial charge in [-0.05, 0) is 66.4 Å². The van der Waals surface area contributed by atoms with E-state index in [1.165, 1.54) is 33.4 Å². The number of amides is 1. The Morgan fingerprint density at radius 2 is 1.72 bits per heavy atom. The van der Waals surface area contributed by atoms with Gasteiger partial charge >= 0.3 is 6.18 Å². The maximum absolute atomic E-state index is 15.8. The molecule has 0 aliphatic heterocycles. The van der Waals surface area contributed by atoms with Crippen molar-refractivity contribution in [1.82, 2.24) is 14.5 Å². The van der Waals surface area contributed by atoms with Crippen molar-refractivity contribution in [2.24, 2.45) is 7.05 Å². The molecule has 4 rings (SSSR count). The van der Waals surface area contributed by atoms with Crippen molar-refractivity contribution in [2.75, 3.05) is 0 Å². The topological polar surface area (TPSA) is 62.8 Å². The van der Waals surface area contributed by atoms with E-state index in [1.54, 1.807) is 33.3 Å². The molecule has 0 saturated heterocycles. The monoisotopic (exact) mass is 546 g/mol. The Morgan fingerprint density at radius 3 is 2.33 bits per heavy atom. The predicted octanol–water partition coefficient (Wildman–Crippen LogP) is 6.26. The zero-order valence-electron chi connectivity index (χ0n) is 21.1. The third-order valence-electron chi connectivity index (χ3n) is 6.41. The zero-order chi connectivity index (χ0) is 28.6. The number of halogens is 6. The number of aromatic nitrogens is 2. The van der Waals surface area contributed by atoms with Gasteiger partial charge in [-0.2, -0.15) is 13.2 Å². The molecule has 0 fully saturated rings. The minimum Gasteiger partial charge on any atom is -0.345 e. The number of aryl methyl sites for hydroxylation is 2. The Kier molecular flexibility index (Phi) is 7.45. The first-order chi connectivity index (χ1) is 18.3. The van der Waals surface area contributed by atoms with Crippen molar-refractivity contribution in [1.29, 1.82) is 5.41 Å². The standard InChI is InChI=1S/C28H24F6N4O/c1-15-10-18(4-7-24(15)30)16(2)36-26(39)22-12-17(14-38-9-8-37(3)27(38)35)11-21(25(22)31)20-6-5-19(29)13-23(20)28(32,33)34/h4-13,16,35H,14H2,1-3H3,(H,36,39)/t16-/m0/s1. The summed E-state index contributed by atoms with van der Waals surface area (Å²) in [7, 11) is 1.63. The number of hydrogen-bond donors (Lipinski definition) is 2. The highest BCUT2D eigenvalue weighted by Gasteiger charge is 2.35. The molecule has 5 nitrogen and oxygen atoms in total. The van der Waals surface area contributed by atoms with Crippen LogP contribution in [-0.4, -0.2) is 15.0 Å². The van der Waals surface area contributed by atoms with Gasteiger partial charge in [-0.3, -0.25) is 10.2 Å². The van der Waals surface area contributed by atoms with Gasteiger partial charge in [-0.1, -0.05) is 18.2 Å². The third-order valence-corrected chi connectivity index (χ3v) is 6.41. The summed E-state index contributed by atoms with van der Waals surface area (Å²) < 4.78 is 87.6. The lowest BCUT2D eigenvalue weighted by Gasteiger charge is -2.19. The Hall–Kier alpha value is -4.28. The fraction of sp³-hybridized carbons (Fsp3) is 0.214. The SMILES string of the molecule is Cc1cc([C@H](C)NC(=O)c2cc(Cn3ccn(C)c3=N)cc(-c3ccc(F)cc3C(F)(F)F)c2F)ccc1F. The molecule has 0 spiro atoms. The van der Waals surface area contributed by atoms with Crippen molar-refractivity contribution in [2.45, 2.75) is 32.6 Å². The zero-order valence-corrected chi connectivity index (χ0v) is 21.1. The van der Waals surface area contributed by atoms with Crippen molar-refractivity contribution in [3.05, 3.63) is 112 Å².